The zero-order valence-electron chi connectivity index (χ0n) is 19.8. The second-order valence-electron chi connectivity index (χ2n) is 9.11. The maximum Gasteiger partial charge on any atom is 0.196 e. The van der Waals surface area contributed by atoms with Crippen LogP contribution < -0.4 is 4.90 Å². The molecule has 0 aliphatic carbocycles. The monoisotopic (exact) mass is 481 g/mol. The SMILES string of the molecule is Cc1cc(C)c2cc(C)c3nnc(SCCCN4CCN(c5ccc(F)cc5F)CC4)n3c2c1. The third-order valence-corrected chi connectivity index (χ3v) is 7.58. The Balaban J connectivity index is 1.20. The van der Waals surface area contributed by atoms with Gasteiger partial charge in [0.15, 0.2) is 10.8 Å². The molecule has 5 rings (SSSR count). The number of rotatable bonds is 6. The summed E-state index contributed by atoms with van der Waals surface area (Å²) >= 11 is 1.75. The zero-order chi connectivity index (χ0) is 23.8. The molecule has 4 aromatic rings. The van der Waals surface area contributed by atoms with Crippen LogP contribution in [0.15, 0.2) is 41.6 Å². The van der Waals surface area contributed by atoms with E-state index in [9.17, 15) is 8.78 Å². The molecule has 1 saturated heterocycles. The number of fused-ring (bicyclic) bond motifs is 3. The molecule has 34 heavy (non-hydrogen) atoms. The van der Waals surface area contributed by atoms with Crippen LogP contribution in [0.25, 0.3) is 16.6 Å². The van der Waals surface area contributed by atoms with Crippen LogP contribution in [0.4, 0.5) is 14.5 Å². The fraction of sp³-hybridized carbons (Fsp3) is 0.385. The van der Waals surface area contributed by atoms with E-state index in [4.69, 9.17) is 0 Å². The predicted molar refractivity (Wildman–Crippen MR) is 135 cm³/mol. The number of piperazine rings is 1. The van der Waals surface area contributed by atoms with E-state index in [-0.39, 0.29) is 0 Å². The average Bonchev–Trinajstić information content (AvgIpc) is 3.23. The smallest absolute Gasteiger partial charge is 0.196 e. The third kappa shape index (κ3) is 4.49. The second-order valence-corrected chi connectivity index (χ2v) is 10.2. The van der Waals surface area contributed by atoms with E-state index >= 15 is 0 Å². The van der Waals surface area contributed by atoms with Gasteiger partial charge < -0.3 is 4.90 Å². The molecule has 2 aromatic carbocycles. The van der Waals surface area contributed by atoms with E-state index < -0.39 is 11.6 Å². The summed E-state index contributed by atoms with van der Waals surface area (Å²) < 4.78 is 29.5. The summed E-state index contributed by atoms with van der Waals surface area (Å²) in [5.41, 5.74) is 6.21. The van der Waals surface area contributed by atoms with Crippen LogP contribution in [0.1, 0.15) is 23.1 Å². The first-order chi connectivity index (χ1) is 16.4. The Kier molecular flexibility index (Phi) is 6.44. The van der Waals surface area contributed by atoms with Gasteiger partial charge in [0.2, 0.25) is 0 Å². The van der Waals surface area contributed by atoms with Crippen LogP contribution in [0, 0.1) is 32.4 Å². The molecule has 0 N–H and O–H groups in total. The van der Waals surface area contributed by atoms with Crippen LogP contribution in [-0.4, -0.2) is 58.0 Å². The van der Waals surface area contributed by atoms with Crippen molar-refractivity contribution in [2.75, 3.05) is 43.4 Å². The molecule has 1 fully saturated rings. The highest BCUT2D eigenvalue weighted by Crippen LogP contribution is 2.29. The summed E-state index contributed by atoms with van der Waals surface area (Å²) in [4.78, 5) is 4.41. The molecule has 0 radical (unpaired) electrons. The number of hydrogen-bond donors (Lipinski definition) is 0. The van der Waals surface area contributed by atoms with Crippen molar-refractivity contribution in [3.8, 4) is 0 Å². The van der Waals surface area contributed by atoms with Gasteiger partial charge in [-0.25, -0.2) is 8.78 Å². The second kappa shape index (κ2) is 9.50. The fourth-order valence-corrected chi connectivity index (χ4v) is 5.72. The number of thioether (sulfide) groups is 1. The normalized spacial score (nSPS) is 15.0. The summed E-state index contributed by atoms with van der Waals surface area (Å²) in [7, 11) is 0. The molecule has 3 heterocycles. The number of pyridine rings is 1. The lowest BCUT2D eigenvalue weighted by atomic mass is 10.0. The maximum atomic E-state index is 14.1. The van der Waals surface area contributed by atoms with Crippen LogP contribution in [-0.2, 0) is 0 Å². The molecule has 0 unspecified atom stereocenters. The molecule has 1 aliphatic rings. The summed E-state index contributed by atoms with van der Waals surface area (Å²) in [6.07, 6.45) is 1.03. The third-order valence-electron chi connectivity index (χ3n) is 6.57. The molecule has 0 spiro atoms. The number of anilines is 1. The van der Waals surface area contributed by atoms with Crippen LogP contribution in [0.2, 0.25) is 0 Å². The van der Waals surface area contributed by atoms with Gasteiger partial charge in [0, 0.05) is 43.4 Å². The molecule has 0 atom stereocenters. The number of hydrogen-bond acceptors (Lipinski definition) is 5. The van der Waals surface area contributed by atoms with Crippen molar-refractivity contribution in [1.82, 2.24) is 19.5 Å². The topological polar surface area (TPSA) is 36.7 Å². The number of halogens is 2. The quantitative estimate of drug-likeness (QED) is 0.273. The van der Waals surface area contributed by atoms with Gasteiger partial charge in [-0.05, 0) is 74.7 Å². The first-order valence-corrected chi connectivity index (χ1v) is 12.7. The van der Waals surface area contributed by atoms with E-state index in [0.717, 1.165) is 72.8 Å². The first-order valence-electron chi connectivity index (χ1n) is 11.7. The Bertz CT molecular complexity index is 1340. The van der Waals surface area contributed by atoms with Crippen molar-refractivity contribution in [3.05, 3.63) is 64.7 Å². The Labute approximate surface area is 202 Å². The van der Waals surface area contributed by atoms with E-state index in [1.807, 2.05) is 4.90 Å². The van der Waals surface area contributed by atoms with E-state index in [2.05, 4.69) is 58.5 Å². The van der Waals surface area contributed by atoms with Crippen LogP contribution in [0.3, 0.4) is 0 Å². The van der Waals surface area contributed by atoms with Gasteiger partial charge in [-0.2, -0.15) is 0 Å². The molecular weight excluding hydrogens is 452 g/mol. The lowest BCUT2D eigenvalue weighted by Gasteiger charge is -2.36. The molecule has 0 saturated carbocycles. The average molecular weight is 482 g/mol. The minimum atomic E-state index is -0.536. The largest absolute Gasteiger partial charge is 0.367 e. The number of nitrogens with zero attached hydrogens (tertiary/aromatic N) is 5. The number of aromatic nitrogens is 3. The lowest BCUT2D eigenvalue weighted by Crippen LogP contribution is -2.47. The summed E-state index contributed by atoms with van der Waals surface area (Å²) in [6.45, 7) is 10.6. The molecule has 5 nitrogen and oxygen atoms in total. The van der Waals surface area contributed by atoms with Gasteiger partial charge in [-0.15, -0.1) is 10.2 Å². The van der Waals surface area contributed by atoms with Gasteiger partial charge in [-0.1, -0.05) is 17.8 Å². The van der Waals surface area contributed by atoms with E-state index in [0.29, 0.717) is 5.69 Å². The van der Waals surface area contributed by atoms with Crippen molar-refractivity contribution in [3.63, 3.8) is 0 Å². The van der Waals surface area contributed by atoms with Crippen LogP contribution in [0.5, 0.6) is 0 Å². The molecule has 0 bridgehead atoms. The van der Waals surface area contributed by atoms with Crippen molar-refractivity contribution in [1.29, 1.82) is 0 Å². The minimum Gasteiger partial charge on any atom is -0.367 e. The standard InChI is InChI=1S/C26H29F2N5S/c1-17-13-18(2)21-15-19(3)25-29-30-26(33(25)24(21)14-17)34-12-4-7-31-8-10-32(11-9-31)23-6-5-20(27)16-22(23)28/h5-6,13-16H,4,7-12H2,1-3H3. The predicted octanol–water partition coefficient (Wildman–Crippen LogP) is 5.39. The Hall–Kier alpha value is -2.71. The van der Waals surface area contributed by atoms with Crippen molar-refractivity contribution >= 4 is 34.0 Å². The Morgan fingerprint density at radius 2 is 1.71 bits per heavy atom. The minimum absolute atomic E-state index is 0.487. The molecule has 2 aromatic heterocycles. The Morgan fingerprint density at radius 1 is 0.912 bits per heavy atom. The molecular formula is C26H29F2N5S. The van der Waals surface area contributed by atoms with Crippen molar-refractivity contribution in [2.24, 2.45) is 0 Å². The van der Waals surface area contributed by atoms with Gasteiger partial charge in [0.05, 0.1) is 11.2 Å². The van der Waals surface area contributed by atoms with Gasteiger partial charge >= 0.3 is 0 Å². The molecule has 178 valence electrons. The number of benzene rings is 2. The first kappa shape index (κ1) is 23.1. The lowest BCUT2D eigenvalue weighted by molar-refractivity contribution is 0.258. The molecule has 8 heteroatoms. The van der Waals surface area contributed by atoms with Gasteiger partial charge in [-0.3, -0.25) is 9.30 Å². The van der Waals surface area contributed by atoms with Crippen molar-refractivity contribution < 1.29 is 8.78 Å². The van der Waals surface area contributed by atoms with E-state index in [1.165, 1.54) is 28.6 Å². The summed E-state index contributed by atoms with van der Waals surface area (Å²) in [5, 5.41) is 11.1. The van der Waals surface area contributed by atoms with E-state index in [1.54, 1.807) is 11.8 Å². The summed E-state index contributed by atoms with van der Waals surface area (Å²) in [6, 6.07) is 10.5. The van der Waals surface area contributed by atoms with Gasteiger partial charge in [0.1, 0.15) is 11.6 Å². The summed E-state index contributed by atoms with van der Waals surface area (Å²) in [5.74, 6) is -0.0711. The Morgan fingerprint density at radius 3 is 2.47 bits per heavy atom. The maximum absolute atomic E-state index is 14.1. The molecule has 1 aliphatic heterocycles. The van der Waals surface area contributed by atoms with Crippen molar-refractivity contribution in [2.45, 2.75) is 32.3 Å². The molecule has 0 amide bonds. The number of aryl methyl sites for hydroxylation is 3. The highest BCUT2D eigenvalue weighted by molar-refractivity contribution is 7.99. The highest BCUT2D eigenvalue weighted by atomic mass is 32.2. The fourth-order valence-electron chi connectivity index (χ4n) is 4.85. The van der Waals surface area contributed by atoms with Crippen LogP contribution >= 0.6 is 11.8 Å². The zero-order valence-corrected chi connectivity index (χ0v) is 20.6. The van der Waals surface area contributed by atoms with Gasteiger partial charge in [0.25, 0.3) is 0 Å². The highest BCUT2D eigenvalue weighted by Gasteiger charge is 2.20.